The van der Waals surface area contributed by atoms with E-state index in [4.69, 9.17) is 5.11 Å². The Bertz CT molecular complexity index is 533. The molecule has 0 saturated carbocycles. The minimum absolute atomic E-state index is 0. The maximum absolute atomic E-state index is 13.3. The molecule has 0 unspecified atom stereocenters. The first kappa shape index (κ1) is 15.4. The Kier molecular flexibility index (Phi) is 5.72. The van der Waals surface area contributed by atoms with Gasteiger partial charge < -0.3 is 10.4 Å². The van der Waals surface area contributed by atoms with Crippen LogP contribution in [0.25, 0.3) is 0 Å². The quantitative estimate of drug-likeness (QED) is 0.887. The molecule has 1 heterocycles. The van der Waals surface area contributed by atoms with E-state index in [9.17, 15) is 8.78 Å². The van der Waals surface area contributed by atoms with Gasteiger partial charge in [0.2, 0.25) is 0 Å². The summed E-state index contributed by atoms with van der Waals surface area (Å²) in [5, 5.41) is 15.7. The fourth-order valence-electron chi connectivity index (χ4n) is 1.55. The Hall–Kier alpha value is -1.66. The lowest BCUT2D eigenvalue weighted by Gasteiger charge is -2.05. The molecule has 0 atom stereocenters. The van der Waals surface area contributed by atoms with Crippen molar-refractivity contribution >= 4 is 18.2 Å². The third-order valence-electron chi connectivity index (χ3n) is 2.44. The fraction of sp³-hybridized carbons (Fsp3) is 0.250. The van der Waals surface area contributed by atoms with E-state index in [1.807, 2.05) is 0 Å². The lowest BCUT2D eigenvalue weighted by Crippen LogP contribution is -2.06. The summed E-state index contributed by atoms with van der Waals surface area (Å²) in [5.74, 6) is -0.384. The number of aliphatic hydroxyl groups is 1. The van der Waals surface area contributed by atoms with Crippen LogP contribution in [-0.4, -0.2) is 21.5 Å². The summed E-state index contributed by atoms with van der Waals surface area (Å²) in [6.07, 6.45) is 1.69. The number of anilines is 1. The van der Waals surface area contributed by atoms with Crippen molar-refractivity contribution < 1.29 is 13.9 Å². The summed E-state index contributed by atoms with van der Waals surface area (Å²) >= 11 is 0. The summed E-state index contributed by atoms with van der Waals surface area (Å²) in [6.45, 7) is 0.551. The van der Waals surface area contributed by atoms with Crippen LogP contribution in [0.2, 0.25) is 0 Å². The molecule has 0 aliphatic heterocycles. The average molecular weight is 290 g/mol. The van der Waals surface area contributed by atoms with E-state index in [2.05, 4.69) is 10.4 Å². The first-order valence-electron chi connectivity index (χ1n) is 5.51. The predicted octanol–water partition coefficient (Wildman–Crippen LogP) is 2.19. The second-order valence-corrected chi connectivity index (χ2v) is 3.78. The largest absolute Gasteiger partial charge is 0.394 e. The maximum atomic E-state index is 13.3. The smallest absolute Gasteiger partial charge is 0.148 e. The number of rotatable bonds is 5. The van der Waals surface area contributed by atoms with Gasteiger partial charge in [-0.3, -0.25) is 4.68 Å². The maximum Gasteiger partial charge on any atom is 0.148 e. The van der Waals surface area contributed by atoms with E-state index in [1.165, 1.54) is 0 Å². The Labute approximate surface area is 115 Å². The number of aliphatic hydroxyl groups excluding tert-OH is 1. The van der Waals surface area contributed by atoms with Gasteiger partial charge in [-0.2, -0.15) is 5.10 Å². The van der Waals surface area contributed by atoms with E-state index < -0.39 is 11.6 Å². The molecule has 2 rings (SSSR count). The van der Waals surface area contributed by atoms with Gasteiger partial charge >= 0.3 is 0 Å². The third kappa shape index (κ3) is 4.18. The van der Waals surface area contributed by atoms with Gasteiger partial charge in [0.15, 0.2) is 0 Å². The molecule has 0 aliphatic carbocycles. The second-order valence-electron chi connectivity index (χ2n) is 3.78. The van der Waals surface area contributed by atoms with Crippen LogP contribution in [0.15, 0.2) is 30.5 Å². The summed E-state index contributed by atoms with van der Waals surface area (Å²) in [7, 11) is 0. The lowest BCUT2D eigenvalue weighted by molar-refractivity contribution is 0.269. The van der Waals surface area contributed by atoms with Crippen molar-refractivity contribution in [3.05, 3.63) is 47.7 Å². The number of nitrogens with zero attached hydrogens (tertiary/aromatic N) is 2. The van der Waals surface area contributed by atoms with Crippen molar-refractivity contribution in [1.29, 1.82) is 0 Å². The topological polar surface area (TPSA) is 50.1 Å². The van der Waals surface area contributed by atoms with Crippen LogP contribution in [0.4, 0.5) is 14.6 Å². The summed E-state index contributed by atoms with van der Waals surface area (Å²) in [5.41, 5.74) is 0.242. The molecular formula is C12H14ClF2N3O. The molecule has 7 heteroatoms. The zero-order chi connectivity index (χ0) is 13.0. The standard InChI is InChI=1S/C12H13F2N3O.ClH/c13-10-1-2-11(14)9(7-10)8-15-12-3-4-17(16-12)5-6-18;/h1-4,7,18H,5-6,8H2,(H,15,16);1H. The molecule has 0 fully saturated rings. The highest BCUT2D eigenvalue weighted by molar-refractivity contribution is 5.85. The number of aromatic nitrogens is 2. The van der Waals surface area contributed by atoms with Crippen LogP contribution >= 0.6 is 12.4 Å². The molecule has 2 aromatic rings. The molecule has 0 aliphatic rings. The Morgan fingerprint density at radius 3 is 2.79 bits per heavy atom. The summed E-state index contributed by atoms with van der Waals surface area (Å²) in [6, 6.07) is 5.02. The van der Waals surface area contributed by atoms with Gasteiger partial charge in [0.05, 0.1) is 13.2 Å². The first-order chi connectivity index (χ1) is 8.69. The van der Waals surface area contributed by atoms with E-state index >= 15 is 0 Å². The summed E-state index contributed by atoms with van der Waals surface area (Å²) < 4.78 is 27.8. The normalized spacial score (nSPS) is 10.1. The molecule has 4 nitrogen and oxygen atoms in total. The van der Waals surface area contributed by atoms with Gasteiger partial charge in [-0.05, 0) is 18.2 Å². The molecule has 0 radical (unpaired) electrons. The van der Waals surface area contributed by atoms with Gasteiger partial charge in [-0.1, -0.05) is 0 Å². The van der Waals surface area contributed by atoms with Crippen LogP contribution < -0.4 is 5.32 Å². The highest BCUT2D eigenvalue weighted by Gasteiger charge is 2.04. The Morgan fingerprint density at radius 1 is 1.26 bits per heavy atom. The molecule has 0 spiro atoms. The van der Waals surface area contributed by atoms with Crippen molar-refractivity contribution in [1.82, 2.24) is 9.78 Å². The molecule has 1 aromatic heterocycles. The predicted molar refractivity (Wildman–Crippen MR) is 70.2 cm³/mol. The number of nitrogens with one attached hydrogen (secondary N) is 1. The lowest BCUT2D eigenvalue weighted by atomic mass is 10.2. The van der Waals surface area contributed by atoms with Crippen LogP contribution in [0, 0.1) is 11.6 Å². The molecular weight excluding hydrogens is 276 g/mol. The molecule has 104 valence electrons. The highest BCUT2D eigenvalue weighted by Crippen LogP contribution is 2.12. The zero-order valence-corrected chi connectivity index (χ0v) is 10.8. The minimum Gasteiger partial charge on any atom is -0.394 e. The van der Waals surface area contributed by atoms with Crippen molar-refractivity contribution in [2.45, 2.75) is 13.1 Å². The first-order valence-corrected chi connectivity index (χ1v) is 5.51. The van der Waals surface area contributed by atoms with Crippen molar-refractivity contribution in [2.75, 3.05) is 11.9 Å². The van der Waals surface area contributed by atoms with Crippen LogP contribution in [-0.2, 0) is 13.1 Å². The molecule has 2 N–H and O–H groups in total. The van der Waals surface area contributed by atoms with E-state index in [1.54, 1.807) is 16.9 Å². The van der Waals surface area contributed by atoms with Crippen LogP contribution in [0.3, 0.4) is 0 Å². The number of benzene rings is 1. The Balaban J connectivity index is 0.00000180. The van der Waals surface area contributed by atoms with Gasteiger partial charge in [0, 0.05) is 24.4 Å². The van der Waals surface area contributed by atoms with Crippen LogP contribution in [0.1, 0.15) is 5.56 Å². The minimum atomic E-state index is -0.473. The monoisotopic (exact) mass is 289 g/mol. The average Bonchev–Trinajstić information content (AvgIpc) is 2.79. The number of halogens is 3. The van der Waals surface area contributed by atoms with E-state index in [-0.39, 0.29) is 31.1 Å². The van der Waals surface area contributed by atoms with Gasteiger partial charge in [0.25, 0.3) is 0 Å². The zero-order valence-electron chi connectivity index (χ0n) is 10.0. The molecule has 0 bridgehead atoms. The summed E-state index contributed by atoms with van der Waals surface area (Å²) in [4.78, 5) is 0. The number of hydrogen-bond acceptors (Lipinski definition) is 3. The van der Waals surface area contributed by atoms with Gasteiger partial charge in [0.1, 0.15) is 17.5 Å². The third-order valence-corrected chi connectivity index (χ3v) is 2.44. The highest BCUT2D eigenvalue weighted by atomic mass is 35.5. The van der Waals surface area contributed by atoms with Gasteiger partial charge in [-0.15, -0.1) is 12.4 Å². The van der Waals surface area contributed by atoms with Gasteiger partial charge in [-0.25, -0.2) is 8.78 Å². The SMILES string of the molecule is Cl.OCCn1ccc(NCc2cc(F)ccc2F)n1. The van der Waals surface area contributed by atoms with E-state index in [0.29, 0.717) is 12.4 Å². The molecule has 0 saturated heterocycles. The number of hydrogen-bond donors (Lipinski definition) is 2. The van der Waals surface area contributed by atoms with Crippen molar-refractivity contribution in [3.63, 3.8) is 0 Å². The van der Waals surface area contributed by atoms with Crippen molar-refractivity contribution in [2.24, 2.45) is 0 Å². The Morgan fingerprint density at radius 2 is 2.05 bits per heavy atom. The van der Waals surface area contributed by atoms with E-state index in [0.717, 1.165) is 18.2 Å². The molecule has 0 amide bonds. The molecule has 19 heavy (non-hydrogen) atoms. The van der Waals surface area contributed by atoms with Crippen molar-refractivity contribution in [3.8, 4) is 0 Å². The fourth-order valence-corrected chi connectivity index (χ4v) is 1.55. The van der Waals surface area contributed by atoms with Crippen LogP contribution in [0.5, 0.6) is 0 Å². The molecule has 1 aromatic carbocycles. The second kappa shape index (κ2) is 7.06.